The Morgan fingerprint density at radius 3 is 2.50 bits per heavy atom. The smallest absolute Gasteiger partial charge is 0.262 e. The Morgan fingerprint density at radius 2 is 1.88 bits per heavy atom. The fourth-order valence-corrected chi connectivity index (χ4v) is 2.97. The van der Waals surface area contributed by atoms with Gasteiger partial charge in [-0.25, -0.2) is 4.39 Å². The maximum atomic E-state index is 14.0. The first-order valence-corrected chi connectivity index (χ1v) is 8.20. The highest BCUT2D eigenvalue weighted by Gasteiger charge is 2.23. The predicted octanol–water partition coefficient (Wildman–Crippen LogP) is 3.49. The molecule has 0 bridgehead atoms. The minimum absolute atomic E-state index is 0.100. The summed E-state index contributed by atoms with van der Waals surface area (Å²) in [5, 5.41) is 18.6. The minimum Gasteiger partial charge on any atom is -0.493 e. The highest BCUT2D eigenvalue weighted by molar-refractivity contribution is 5.60. The average Bonchev–Trinajstić information content (AvgIpc) is 3.46. The molecule has 2 aromatic carbocycles. The third kappa shape index (κ3) is 2.84. The van der Waals surface area contributed by atoms with E-state index in [9.17, 15) is 14.3 Å². The number of hydrogen-bond acceptors (Lipinski definition) is 4. The Bertz CT molecular complexity index is 1090. The van der Waals surface area contributed by atoms with E-state index in [1.807, 2.05) is 24.3 Å². The summed E-state index contributed by atoms with van der Waals surface area (Å²) in [6.45, 7) is 0. The van der Waals surface area contributed by atoms with Crippen LogP contribution in [0.2, 0.25) is 0 Å². The fourth-order valence-electron chi connectivity index (χ4n) is 2.97. The first kappa shape index (κ1) is 16.0. The lowest BCUT2D eigenvalue weighted by Crippen LogP contribution is -2.20. The maximum Gasteiger partial charge on any atom is 0.262 e. The molecule has 1 aromatic heterocycles. The van der Waals surface area contributed by atoms with Crippen molar-refractivity contribution in [2.75, 3.05) is 0 Å². The molecule has 128 valence electrons. The van der Waals surface area contributed by atoms with Crippen molar-refractivity contribution in [1.29, 1.82) is 5.26 Å². The monoisotopic (exact) mass is 347 g/mol. The third-order valence-electron chi connectivity index (χ3n) is 4.45. The van der Waals surface area contributed by atoms with Gasteiger partial charge in [-0.2, -0.15) is 10.2 Å². The molecule has 26 heavy (non-hydrogen) atoms. The van der Waals surface area contributed by atoms with Crippen molar-refractivity contribution in [3.8, 4) is 29.0 Å². The molecular weight excluding hydrogens is 333 g/mol. The van der Waals surface area contributed by atoms with Gasteiger partial charge in [0.2, 0.25) is 5.88 Å². The molecule has 1 aliphatic carbocycles. The molecule has 1 aliphatic rings. The van der Waals surface area contributed by atoms with Gasteiger partial charge >= 0.3 is 0 Å². The van der Waals surface area contributed by atoms with Crippen LogP contribution < -0.4 is 5.56 Å². The van der Waals surface area contributed by atoms with E-state index < -0.39 is 17.3 Å². The lowest BCUT2D eigenvalue weighted by Gasteiger charge is -2.13. The lowest BCUT2D eigenvalue weighted by atomic mass is 10.1. The van der Waals surface area contributed by atoms with Crippen LogP contribution in [0.4, 0.5) is 4.39 Å². The molecule has 5 nitrogen and oxygen atoms in total. The number of aromatic nitrogens is 2. The number of aromatic hydroxyl groups is 1. The van der Waals surface area contributed by atoms with Crippen LogP contribution in [0, 0.1) is 17.1 Å². The van der Waals surface area contributed by atoms with Crippen molar-refractivity contribution in [1.82, 2.24) is 9.55 Å². The summed E-state index contributed by atoms with van der Waals surface area (Å²) >= 11 is 0. The molecule has 0 amide bonds. The van der Waals surface area contributed by atoms with Crippen molar-refractivity contribution >= 4 is 0 Å². The van der Waals surface area contributed by atoms with Crippen LogP contribution in [-0.4, -0.2) is 14.7 Å². The quantitative estimate of drug-likeness (QED) is 0.786. The van der Waals surface area contributed by atoms with Crippen molar-refractivity contribution in [2.45, 2.75) is 18.8 Å². The topological polar surface area (TPSA) is 78.9 Å². The standard InChI is InChI=1S/C20H14FN3O2/c21-17-9-14(3-4-15(17)11-22)20-23-18(25)10-19(26)24(20)16-7-5-13(6-8-16)12-1-2-12/h3-10,12,25H,1-2H2. The molecule has 0 saturated heterocycles. The zero-order valence-corrected chi connectivity index (χ0v) is 13.7. The Labute approximate surface area is 148 Å². The summed E-state index contributed by atoms with van der Waals surface area (Å²) < 4.78 is 15.3. The molecule has 4 rings (SSSR count). The molecule has 0 aliphatic heterocycles. The largest absolute Gasteiger partial charge is 0.493 e. The number of nitriles is 1. The van der Waals surface area contributed by atoms with Crippen LogP contribution >= 0.6 is 0 Å². The zero-order valence-electron chi connectivity index (χ0n) is 13.7. The van der Waals surface area contributed by atoms with Gasteiger partial charge in [-0.15, -0.1) is 0 Å². The molecule has 0 atom stereocenters. The zero-order chi connectivity index (χ0) is 18.3. The van der Waals surface area contributed by atoms with E-state index in [-0.39, 0.29) is 11.4 Å². The van der Waals surface area contributed by atoms with Crippen LogP contribution in [0.3, 0.4) is 0 Å². The second-order valence-corrected chi connectivity index (χ2v) is 6.28. The van der Waals surface area contributed by atoms with E-state index in [0.29, 0.717) is 17.2 Å². The molecule has 1 fully saturated rings. The Morgan fingerprint density at radius 1 is 1.15 bits per heavy atom. The molecule has 0 unspecified atom stereocenters. The number of rotatable bonds is 3. The summed E-state index contributed by atoms with van der Waals surface area (Å²) in [4.78, 5) is 16.5. The van der Waals surface area contributed by atoms with Crippen molar-refractivity contribution in [3.05, 3.63) is 75.8 Å². The Kier molecular flexibility index (Phi) is 3.77. The number of hydrogen-bond donors (Lipinski definition) is 1. The van der Waals surface area contributed by atoms with Crippen LogP contribution in [0.5, 0.6) is 5.88 Å². The number of benzene rings is 2. The van der Waals surface area contributed by atoms with E-state index in [1.54, 1.807) is 6.07 Å². The van der Waals surface area contributed by atoms with Gasteiger partial charge in [-0.05, 0) is 54.7 Å². The number of halogens is 1. The average molecular weight is 347 g/mol. The highest BCUT2D eigenvalue weighted by atomic mass is 19.1. The van der Waals surface area contributed by atoms with Gasteiger partial charge in [0.1, 0.15) is 11.9 Å². The fraction of sp³-hybridized carbons (Fsp3) is 0.150. The second-order valence-electron chi connectivity index (χ2n) is 6.28. The minimum atomic E-state index is -0.710. The van der Waals surface area contributed by atoms with Gasteiger partial charge in [0, 0.05) is 5.56 Å². The number of nitrogens with zero attached hydrogens (tertiary/aromatic N) is 3. The highest BCUT2D eigenvalue weighted by Crippen LogP contribution is 2.40. The first-order valence-electron chi connectivity index (χ1n) is 8.20. The summed E-state index contributed by atoms with van der Waals surface area (Å²) in [5.74, 6) is -0.456. The van der Waals surface area contributed by atoms with Gasteiger partial charge in [0.25, 0.3) is 5.56 Å². The molecule has 0 radical (unpaired) electrons. The summed E-state index contributed by atoms with van der Waals surface area (Å²) in [6.07, 6.45) is 2.35. The molecular formula is C20H14FN3O2. The molecule has 6 heteroatoms. The van der Waals surface area contributed by atoms with E-state index in [2.05, 4.69) is 4.98 Å². The van der Waals surface area contributed by atoms with Crippen molar-refractivity contribution in [2.24, 2.45) is 0 Å². The molecule has 1 N–H and O–H groups in total. The van der Waals surface area contributed by atoms with E-state index in [0.717, 1.165) is 12.1 Å². The van der Waals surface area contributed by atoms with Crippen LogP contribution in [0.25, 0.3) is 17.1 Å². The second kappa shape index (κ2) is 6.12. The van der Waals surface area contributed by atoms with Crippen LogP contribution in [0.15, 0.2) is 53.3 Å². The predicted molar refractivity (Wildman–Crippen MR) is 93.6 cm³/mol. The van der Waals surface area contributed by atoms with Gasteiger partial charge in [0.15, 0.2) is 5.82 Å². The van der Waals surface area contributed by atoms with Gasteiger partial charge < -0.3 is 5.11 Å². The Balaban J connectivity index is 1.88. The normalized spacial score (nSPS) is 13.4. The van der Waals surface area contributed by atoms with E-state index in [1.165, 1.54) is 35.1 Å². The Hall–Kier alpha value is -3.46. The van der Waals surface area contributed by atoms with Crippen LogP contribution in [-0.2, 0) is 0 Å². The van der Waals surface area contributed by atoms with Crippen molar-refractivity contribution < 1.29 is 9.50 Å². The van der Waals surface area contributed by atoms with E-state index in [4.69, 9.17) is 5.26 Å². The molecule has 0 spiro atoms. The van der Waals surface area contributed by atoms with Gasteiger partial charge in [0.05, 0.1) is 17.3 Å². The third-order valence-corrected chi connectivity index (χ3v) is 4.45. The summed E-state index contributed by atoms with van der Waals surface area (Å²) in [7, 11) is 0. The van der Waals surface area contributed by atoms with Crippen molar-refractivity contribution in [3.63, 3.8) is 0 Å². The van der Waals surface area contributed by atoms with Crippen LogP contribution in [0.1, 0.15) is 29.9 Å². The molecule has 1 saturated carbocycles. The first-order chi connectivity index (χ1) is 12.6. The van der Waals surface area contributed by atoms with E-state index >= 15 is 0 Å². The SMILES string of the molecule is N#Cc1ccc(-c2nc(O)cc(=O)n2-c2ccc(C3CC3)cc2)cc1F. The lowest BCUT2D eigenvalue weighted by molar-refractivity contribution is 0.450. The van der Waals surface area contributed by atoms with Gasteiger partial charge in [-0.3, -0.25) is 9.36 Å². The summed E-state index contributed by atoms with van der Waals surface area (Å²) in [6, 6.07) is 14.3. The summed E-state index contributed by atoms with van der Waals surface area (Å²) in [5.41, 5.74) is 1.51. The van der Waals surface area contributed by atoms with Gasteiger partial charge in [-0.1, -0.05) is 12.1 Å². The maximum absolute atomic E-state index is 14.0. The molecule has 3 aromatic rings. The molecule has 1 heterocycles.